The van der Waals surface area contributed by atoms with Crippen LogP contribution in [0.15, 0.2) is 35.0 Å². The zero-order valence-corrected chi connectivity index (χ0v) is 17.3. The predicted molar refractivity (Wildman–Crippen MR) is 110 cm³/mol. The number of aryl methyl sites for hydroxylation is 1. The topological polar surface area (TPSA) is 76.4 Å². The first-order chi connectivity index (χ1) is 14.2. The van der Waals surface area contributed by atoms with Crippen LogP contribution in [-0.2, 0) is 13.0 Å². The first-order valence-electron chi connectivity index (χ1n) is 10.2. The molecule has 3 heterocycles. The van der Waals surface area contributed by atoms with Crippen LogP contribution < -0.4 is 9.47 Å². The molecule has 0 bridgehead atoms. The monoisotopic (exact) mass is 396 g/mol. The highest BCUT2D eigenvalue weighted by atomic mass is 16.5. The number of likely N-dealkylation sites (tertiary alicyclic amines) is 1. The zero-order chi connectivity index (χ0) is 20.2. The minimum atomic E-state index is 0.277. The molecule has 7 nitrogen and oxygen atoms in total. The van der Waals surface area contributed by atoms with Crippen LogP contribution in [0.4, 0.5) is 0 Å². The fourth-order valence-electron chi connectivity index (χ4n) is 4.09. The van der Waals surface area contributed by atoms with Gasteiger partial charge in [0.1, 0.15) is 23.0 Å². The molecule has 154 valence electrons. The van der Waals surface area contributed by atoms with Gasteiger partial charge >= 0.3 is 0 Å². The van der Waals surface area contributed by atoms with Crippen LogP contribution in [0.1, 0.15) is 49.2 Å². The second-order valence-corrected chi connectivity index (χ2v) is 7.43. The number of hydrogen-bond donors (Lipinski definition) is 1. The fourth-order valence-corrected chi connectivity index (χ4v) is 4.09. The molecule has 1 atom stereocenters. The predicted octanol–water partition coefficient (Wildman–Crippen LogP) is 4.37. The molecule has 7 heteroatoms. The van der Waals surface area contributed by atoms with Gasteiger partial charge in [-0.05, 0) is 44.0 Å². The van der Waals surface area contributed by atoms with Crippen molar-refractivity contribution in [2.45, 2.75) is 45.2 Å². The number of nitrogens with one attached hydrogen (secondary N) is 1. The van der Waals surface area contributed by atoms with Crippen molar-refractivity contribution in [3.63, 3.8) is 0 Å². The Morgan fingerprint density at radius 3 is 2.93 bits per heavy atom. The van der Waals surface area contributed by atoms with E-state index in [1.54, 1.807) is 14.2 Å². The molecule has 0 radical (unpaired) electrons. The number of methoxy groups -OCH3 is 2. The summed E-state index contributed by atoms with van der Waals surface area (Å²) in [4.78, 5) is 2.45. The fraction of sp³-hybridized carbons (Fsp3) is 0.455. The van der Waals surface area contributed by atoms with Crippen molar-refractivity contribution in [2.24, 2.45) is 0 Å². The lowest BCUT2D eigenvalue weighted by Crippen LogP contribution is -2.23. The summed E-state index contributed by atoms with van der Waals surface area (Å²) in [7, 11) is 3.34. The number of aromatic nitrogens is 3. The molecule has 1 unspecified atom stereocenters. The van der Waals surface area contributed by atoms with Crippen molar-refractivity contribution in [3.8, 4) is 22.8 Å². The van der Waals surface area contributed by atoms with Crippen LogP contribution in [0.25, 0.3) is 11.3 Å². The molecule has 1 N–H and O–H groups in total. The lowest BCUT2D eigenvalue weighted by atomic mass is 10.1. The van der Waals surface area contributed by atoms with Crippen LogP contribution in [0.5, 0.6) is 11.5 Å². The minimum absolute atomic E-state index is 0.277. The third-order valence-electron chi connectivity index (χ3n) is 5.55. The second kappa shape index (κ2) is 8.69. The third-order valence-corrected chi connectivity index (χ3v) is 5.55. The van der Waals surface area contributed by atoms with Gasteiger partial charge in [-0.15, -0.1) is 0 Å². The van der Waals surface area contributed by atoms with Gasteiger partial charge in [-0.1, -0.05) is 12.1 Å². The van der Waals surface area contributed by atoms with Crippen molar-refractivity contribution in [1.82, 2.24) is 20.3 Å². The lowest BCUT2D eigenvalue weighted by Gasteiger charge is -2.22. The summed E-state index contributed by atoms with van der Waals surface area (Å²) in [6, 6.07) is 8.19. The van der Waals surface area contributed by atoms with E-state index in [0.717, 1.165) is 78.5 Å². The molecule has 0 spiro atoms. The summed E-state index contributed by atoms with van der Waals surface area (Å²) in [5, 5.41) is 11.8. The number of ether oxygens (including phenoxy) is 2. The van der Waals surface area contributed by atoms with Gasteiger partial charge < -0.3 is 14.0 Å². The van der Waals surface area contributed by atoms with Crippen LogP contribution in [0.3, 0.4) is 0 Å². The largest absolute Gasteiger partial charge is 0.497 e. The molecule has 1 saturated heterocycles. The summed E-state index contributed by atoms with van der Waals surface area (Å²) >= 11 is 0. The smallest absolute Gasteiger partial charge is 0.137 e. The van der Waals surface area contributed by atoms with E-state index in [-0.39, 0.29) is 6.04 Å². The van der Waals surface area contributed by atoms with Crippen molar-refractivity contribution in [1.29, 1.82) is 0 Å². The van der Waals surface area contributed by atoms with Gasteiger partial charge in [0.2, 0.25) is 0 Å². The standard InChI is InChI=1S/C22H28N4O3/c1-4-6-17-12-19(25-29-17)20-7-5-10-26(20)14-15-13-23-24-22(15)18-11-16(27-2)8-9-21(18)28-3/h8-9,11-13,20H,4-7,10,14H2,1-3H3,(H,23,24). The number of nitrogens with zero attached hydrogens (tertiary/aromatic N) is 3. The highest BCUT2D eigenvalue weighted by Crippen LogP contribution is 2.37. The maximum absolute atomic E-state index is 5.57. The van der Waals surface area contributed by atoms with Gasteiger partial charge in [-0.2, -0.15) is 5.10 Å². The lowest BCUT2D eigenvalue weighted by molar-refractivity contribution is 0.236. The molecule has 4 rings (SSSR count). The third kappa shape index (κ3) is 4.00. The molecular weight excluding hydrogens is 368 g/mol. The summed E-state index contributed by atoms with van der Waals surface area (Å²) in [6.07, 6.45) is 6.13. The molecule has 1 aliphatic heterocycles. The van der Waals surface area contributed by atoms with Crippen LogP contribution in [0, 0.1) is 0 Å². The van der Waals surface area contributed by atoms with E-state index in [1.165, 1.54) is 0 Å². The summed E-state index contributed by atoms with van der Waals surface area (Å²) < 4.78 is 16.5. The van der Waals surface area contributed by atoms with Gasteiger partial charge in [0.25, 0.3) is 0 Å². The SMILES string of the molecule is CCCc1cc(C2CCCN2Cc2cn[nH]c2-c2cc(OC)ccc2OC)no1. The molecule has 0 amide bonds. The quantitative estimate of drug-likeness (QED) is 0.609. The summed E-state index contributed by atoms with van der Waals surface area (Å²) in [5.74, 6) is 2.54. The van der Waals surface area contributed by atoms with E-state index in [1.807, 2.05) is 24.4 Å². The Bertz CT molecular complexity index is 949. The Morgan fingerprint density at radius 2 is 2.14 bits per heavy atom. The first-order valence-corrected chi connectivity index (χ1v) is 10.2. The summed E-state index contributed by atoms with van der Waals surface area (Å²) in [5.41, 5.74) is 4.07. The second-order valence-electron chi connectivity index (χ2n) is 7.43. The molecule has 3 aromatic rings. The Labute approximate surface area is 171 Å². The highest BCUT2D eigenvalue weighted by Gasteiger charge is 2.30. The molecular formula is C22H28N4O3. The molecule has 1 aromatic carbocycles. The van der Waals surface area contributed by atoms with Gasteiger partial charge in [0, 0.05) is 30.2 Å². The number of hydrogen-bond acceptors (Lipinski definition) is 6. The van der Waals surface area contributed by atoms with E-state index in [9.17, 15) is 0 Å². The first kappa shape index (κ1) is 19.5. The number of H-pyrrole nitrogens is 1. The highest BCUT2D eigenvalue weighted by molar-refractivity contribution is 5.71. The van der Waals surface area contributed by atoms with E-state index < -0.39 is 0 Å². The van der Waals surface area contributed by atoms with Crippen molar-refractivity contribution < 1.29 is 14.0 Å². The maximum Gasteiger partial charge on any atom is 0.137 e. The Balaban J connectivity index is 1.59. The van der Waals surface area contributed by atoms with Gasteiger partial charge in [-0.25, -0.2) is 0 Å². The van der Waals surface area contributed by atoms with Crippen LogP contribution in [-0.4, -0.2) is 41.0 Å². The van der Waals surface area contributed by atoms with E-state index in [2.05, 4.69) is 33.2 Å². The number of benzene rings is 1. The molecule has 0 aliphatic carbocycles. The summed E-state index contributed by atoms with van der Waals surface area (Å²) in [6.45, 7) is 3.96. The van der Waals surface area contributed by atoms with Gasteiger partial charge in [0.05, 0.1) is 32.2 Å². The normalized spacial score (nSPS) is 17.0. The number of aromatic amines is 1. The maximum atomic E-state index is 5.57. The molecule has 29 heavy (non-hydrogen) atoms. The molecule has 0 saturated carbocycles. The zero-order valence-electron chi connectivity index (χ0n) is 17.3. The van der Waals surface area contributed by atoms with Crippen molar-refractivity contribution in [3.05, 3.63) is 47.5 Å². The number of rotatable bonds is 8. The van der Waals surface area contributed by atoms with Crippen molar-refractivity contribution in [2.75, 3.05) is 20.8 Å². The van der Waals surface area contributed by atoms with E-state index in [0.29, 0.717) is 0 Å². The van der Waals surface area contributed by atoms with E-state index >= 15 is 0 Å². The van der Waals surface area contributed by atoms with Crippen LogP contribution >= 0.6 is 0 Å². The van der Waals surface area contributed by atoms with Crippen molar-refractivity contribution >= 4 is 0 Å². The minimum Gasteiger partial charge on any atom is -0.497 e. The Kier molecular flexibility index (Phi) is 5.85. The average Bonchev–Trinajstić information content (AvgIpc) is 3.49. The van der Waals surface area contributed by atoms with Gasteiger partial charge in [0.15, 0.2) is 0 Å². The molecule has 1 fully saturated rings. The Hall–Kier alpha value is -2.80. The molecule has 2 aromatic heterocycles. The van der Waals surface area contributed by atoms with Crippen LogP contribution in [0.2, 0.25) is 0 Å². The molecule has 1 aliphatic rings. The Morgan fingerprint density at radius 1 is 1.24 bits per heavy atom. The van der Waals surface area contributed by atoms with Gasteiger partial charge in [-0.3, -0.25) is 10.00 Å². The van der Waals surface area contributed by atoms with E-state index in [4.69, 9.17) is 14.0 Å². The average molecular weight is 396 g/mol.